The summed E-state index contributed by atoms with van der Waals surface area (Å²) in [6, 6.07) is 1.49. The van der Waals surface area contributed by atoms with Crippen LogP contribution in [0.5, 0.6) is 0 Å². The van der Waals surface area contributed by atoms with Gasteiger partial charge < -0.3 is 15.0 Å². The Morgan fingerprint density at radius 2 is 1.97 bits per heavy atom. The number of anilines is 2. The number of hydrogen-bond acceptors (Lipinski definition) is 6. The molecule has 0 aromatic carbocycles. The van der Waals surface area contributed by atoms with Crippen molar-refractivity contribution in [1.29, 1.82) is 0 Å². The molecule has 0 spiro atoms. The molecule has 1 saturated heterocycles. The van der Waals surface area contributed by atoms with Crippen LogP contribution >= 0.6 is 11.6 Å². The molecule has 0 bridgehead atoms. The van der Waals surface area contributed by atoms with Gasteiger partial charge in [0, 0.05) is 50.8 Å². The highest BCUT2D eigenvalue weighted by Crippen LogP contribution is 2.40. The molecule has 0 aliphatic carbocycles. The Balaban J connectivity index is 1.63. The van der Waals surface area contributed by atoms with Crippen molar-refractivity contribution in [3.63, 3.8) is 0 Å². The van der Waals surface area contributed by atoms with Gasteiger partial charge in [0.05, 0.1) is 22.6 Å². The number of pyridine rings is 1. The van der Waals surface area contributed by atoms with Crippen molar-refractivity contribution in [3.8, 4) is 0 Å². The van der Waals surface area contributed by atoms with Crippen molar-refractivity contribution >= 4 is 23.1 Å². The minimum Gasteiger partial charge on any atom is -0.381 e. The van der Waals surface area contributed by atoms with Gasteiger partial charge in [0.25, 0.3) is 6.43 Å². The molecule has 3 aliphatic rings. The summed E-state index contributed by atoms with van der Waals surface area (Å²) in [6.45, 7) is 3.69. The van der Waals surface area contributed by atoms with Gasteiger partial charge in [-0.2, -0.15) is 0 Å². The van der Waals surface area contributed by atoms with Crippen LogP contribution in [-0.2, 0) is 24.1 Å². The lowest BCUT2D eigenvalue weighted by molar-refractivity contribution is 0.0835. The molecule has 0 atom stereocenters. The van der Waals surface area contributed by atoms with Crippen LogP contribution in [0.4, 0.5) is 20.3 Å². The van der Waals surface area contributed by atoms with Crippen LogP contribution in [0.15, 0.2) is 6.07 Å². The first kappa shape index (κ1) is 20.0. The first-order valence-corrected chi connectivity index (χ1v) is 10.9. The van der Waals surface area contributed by atoms with E-state index in [-0.39, 0.29) is 16.6 Å². The standard InChI is InChI=1S/C21H24ClF2N5O/c22-18-13(19(23)24)10-17-16(26-18)2-1-7-29(17)21-14-11-25-6-3-15(14)27-20(28-21)12-4-8-30-9-5-12/h10,12,19,25H,1-9,11H2. The number of rotatable bonds is 3. The molecule has 160 valence electrons. The summed E-state index contributed by atoms with van der Waals surface area (Å²) in [4.78, 5) is 16.3. The maximum Gasteiger partial charge on any atom is 0.266 e. The number of halogens is 3. The molecule has 0 radical (unpaired) electrons. The van der Waals surface area contributed by atoms with Gasteiger partial charge in [0.1, 0.15) is 16.8 Å². The zero-order valence-corrected chi connectivity index (χ0v) is 17.4. The third kappa shape index (κ3) is 3.65. The van der Waals surface area contributed by atoms with Crippen LogP contribution in [-0.4, -0.2) is 41.3 Å². The number of aryl methyl sites for hydroxylation is 1. The second kappa shape index (κ2) is 8.32. The second-order valence-electron chi connectivity index (χ2n) is 8.03. The maximum atomic E-state index is 13.5. The van der Waals surface area contributed by atoms with E-state index < -0.39 is 6.43 Å². The summed E-state index contributed by atoms with van der Waals surface area (Å²) >= 11 is 6.03. The van der Waals surface area contributed by atoms with Gasteiger partial charge in [-0.1, -0.05) is 11.6 Å². The Morgan fingerprint density at radius 3 is 2.77 bits per heavy atom. The number of nitrogens with zero attached hydrogens (tertiary/aromatic N) is 4. The van der Waals surface area contributed by atoms with Crippen LogP contribution in [0.3, 0.4) is 0 Å². The van der Waals surface area contributed by atoms with Gasteiger partial charge in [0.15, 0.2) is 0 Å². The predicted octanol–water partition coefficient (Wildman–Crippen LogP) is 4.09. The van der Waals surface area contributed by atoms with Crippen LogP contribution in [0.25, 0.3) is 0 Å². The van der Waals surface area contributed by atoms with Crippen molar-refractivity contribution in [2.24, 2.45) is 0 Å². The van der Waals surface area contributed by atoms with Crippen molar-refractivity contribution < 1.29 is 13.5 Å². The van der Waals surface area contributed by atoms with Crippen LogP contribution < -0.4 is 10.2 Å². The molecule has 30 heavy (non-hydrogen) atoms. The third-order valence-electron chi connectivity index (χ3n) is 6.15. The molecule has 2 aromatic heterocycles. The van der Waals surface area contributed by atoms with E-state index in [0.717, 1.165) is 60.8 Å². The van der Waals surface area contributed by atoms with Gasteiger partial charge in [-0.15, -0.1) is 0 Å². The molecule has 6 nitrogen and oxygen atoms in total. The molecule has 9 heteroatoms. The predicted molar refractivity (Wildman–Crippen MR) is 110 cm³/mol. The van der Waals surface area contributed by atoms with Gasteiger partial charge >= 0.3 is 0 Å². The smallest absolute Gasteiger partial charge is 0.266 e. The van der Waals surface area contributed by atoms with Crippen LogP contribution in [0.2, 0.25) is 5.15 Å². The van der Waals surface area contributed by atoms with E-state index in [0.29, 0.717) is 38.4 Å². The SMILES string of the molecule is FC(F)c1cc2c(nc1Cl)CCCN2c1nc(C2CCOCC2)nc2c1CNCC2. The maximum absolute atomic E-state index is 13.5. The van der Waals surface area contributed by atoms with Gasteiger partial charge in [-0.25, -0.2) is 23.7 Å². The van der Waals surface area contributed by atoms with E-state index in [4.69, 9.17) is 26.3 Å². The summed E-state index contributed by atoms with van der Waals surface area (Å²) in [6.07, 6.45) is 1.55. The summed E-state index contributed by atoms with van der Waals surface area (Å²) in [7, 11) is 0. The fourth-order valence-electron chi connectivity index (χ4n) is 4.55. The lowest BCUT2D eigenvalue weighted by Crippen LogP contribution is -2.33. The Labute approximate surface area is 179 Å². The van der Waals surface area contributed by atoms with Gasteiger partial charge in [-0.3, -0.25) is 0 Å². The Morgan fingerprint density at radius 1 is 1.13 bits per heavy atom. The number of alkyl halides is 2. The van der Waals surface area contributed by atoms with Gasteiger partial charge in [0.2, 0.25) is 0 Å². The number of hydrogen-bond donors (Lipinski definition) is 1. The number of nitrogens with one attached hydrogen (secondary N) is 1. The molecule has 5 heterocycles. The van der Waals surface area contributed by atoms with Crippen molar-refractivity contribution in [2.75, 3.05) is 31.2 Å². The average Bonchev–Trinajstić information content (AvgIpc) is 2.78. The van der Waals surface area contributed by atoms with Crippen molar-refractivity contribution in [3.05, 3.63) is 39.6 Å². The van der Waals surface area contributed by atoms with Crippen LogP contribution in [0, 0.1) is 0 Å². The summed E-state index contributed by atoms with van der Waals surface area (Å²) < 4.78 is 32.5. The summed E-state index contributed by atoms with van der Waals surface area (Å²) in [5, 5.41) is 3.29. The molecule has 0 unspecified atom stereocenters. The number of ether oxygens (including phenoxy) is 1. The zero-order chi connectivity index (χ0) is 20.7. The average molecular weight is 436 g/mol. The molecule has 1 fully saturated rings. The lowest BCUT2D eigenvalue weighted by atomic mass is 9.97. The molecular formula is C21H24ClF2N5O. The van der Waals surface area contributed by atoms with E-state index in [1.807, 2.05) is 4.90 Å². The van der Waals surface area contributed by atoms with E-state index in [1.54, 1.807) is 0 Å². The topological polar surface area (TPSA) is 63.2 Å². The van der Waals surface area contributed by atoms with Gasteiger partial charge in [-0.05, 0) is 31.7 Å². The first-order valence-electron chi connectivity index (χ1n) is 10.5. The van der Waals surface area contributed by atoms with E-state index in [1.165, 1.54) is 6.07 Å². The molecule has 1 N–H and O–H groups in total. The summed E-state index contributed by atoms with van der Waals surface area (Å²) in [5.74, 6) is 1.93. The fourth-order valence-corrected chi connectivity index (χ4v) is 4.79. The zero-order valence-electron chi connectivity index (χ0n) is 16.6. The van der Waals surface area contributed by atoms with Crippen molar-refractivity contribution in [2.45, 2.75) is 51.0 Å². The lowest BCUT2D eigenvalue weighted by Gasteiger charge is -2.34. The Kier molecular flexibility index (Phi) is 5.56. The van der Waals surface area contributed by atoms with E-state index in [2.05, 4.69) is 10.3 Å². The largest absolute Gasteiger partial charge is 0.381 e. The normalized spacial score (nSPS) is 19.7. The molecule has 0 amide bonds. The van der Waals surface area contributed by atoms with E-state index in [9.17, 15) is 8.78 Å². The first-order chi connectivity index (χ1) is 14.6. The monoisotopic (exact) mass is 435 g/mol. The highest BCUT2D eigenvalue weighted by Gasteiger charge is 2.30. The number of fused-ring (bicyclic) bond motifs is 2. The van der Waals surface area contributed by atoms with Crippen LogP contribution in [0.1, 0.15) is 59.9 Å². The van der Waals surface area contributed by atoms with Crippen molar-refractivity contribution in [1.82, 2.24) is 20.3 Å². The number of aromatic nitrogens is 3. The highest BCUT2D eigenvalue weighted by atomic mass is 35.5. The molecule has 3 aliphatic heterocycles. The van der Waals surface area contributed by atoms with E-state index >= 15 is 0 Å². The molecule has 0 saturated carbocycles. The summed E-state index contributed by atoms with van der Waals surface area (Å²) in [5.41, 5.74) is 3.32. The molecular weight excluding hydrogens is 412 g/mol. The highest BCUT2D eigenvalue weighted by molar-refractivity contribution is 6.30. The second-order valence-corrected chi connectivity index (χ2v) is 8.39. The quantitative estimate of drug-likeness (QED) is 0.733. The fraction of sp³-hybridized carbons (Fsp3) is 0.571. The molecule has 2 aromatic rings. The minimum absolute atomic E-state index is 0.111. The third-order valence-corrected chi connectivity index (χ3v) is 6.45. The Hall–Kier alpha value is -1.90. The minimum atomic E-state index is -2.67. The molecule has 5 rings (SSSR count). The Bertz CT molecular complexity index is 951.